The first-order valence-electron chi connectivity index (χ1n) is 5.64. The van der Waals surface area contributed by atoms with Gasteiger partial charge in [-0.2, -0.15) is 4.98 Å². The van der Waals surface area contributed by atoms with Crippen LogP contribution in [0.5, 0.6) is 0 Å². The highest BCUT2D eigenvalue weighted by molar-refractivity contribution is 9.10. The summed E-state index contributed by atoms with van der Waals surface area (Å²) in [6, 6.07) is 0.171. The number of halogens is 1. The molecule has 0 amide bonds. The van der Waals surface area contributed by atoms with E-state index >= 15 is 0 Å². The van der Waals surface area contributed by atoms with Crippen molar-refractivity contribution < 1.29 is 9.84 Å². The zero-order valence-electron chi connectivity index (χ0n) is 10.0. The van der Waals surface area contributed by atoms with Gasteiger partial charge in [0.2, 0.25) is 5.95 Å². The van der Waals surface area contributed by atoms with E-state index in [0.717, 1.165) is 10.3 Å². The second kappa shape index (κ2) is 5.79. The Kier molecular flexibility index (Phi) is 4.33. The smallest absolute Gasteiger partial charge is 0.239 e. The van der Waals surface area contributed by atoms with Gasteiger partial charge in [-0.25, -0.2) is 10.8 Å². The van der Waals surface area contributed by atoms with Gasteiger partial charge < -0.3 is 14.7 Å². The van der Waals surface area contributed by atoms with Crippen LogP contribution >= 0.6 is 15.9 Å². The van der Waals surface area contributed by atoms with Crippen molar-refractivity contribution in [3.05, 3.63) is 10.7 Å². The predicted molar refractivity (Wildman–Crippen MR) is 71.2 cm³/mol. The maximum absolute atomic E-state index is 9.18. The molecule has 7 nitrogen and oxygen atoms in total. The monoisotopic (exact) mass is 317 g/mol. The minimum atomic E-state index is -0.197. The maximum Gasteiger partial charge on any atom is 0.239 e. The molecule has 18 heavy (non-hydrogen) atoms. The molecule has 0 saturated carbocycles. The standard InChI is InChI=1S/C10H16BrN5O2/c1-6-5-18-7(4-17)3-16(6)9-8(11)2-13-10(14-9)15-12/h2,6-7,17H,3-5,12H2,1H3,(H,13,14,15). The number of nitrogens with two attached hydrogens (primary N) is 1. The number of ether oxygens (including phenoxy) is 1. The third-order valence-electron chi connectivity index (χ3n) is 2.84. The van der Waals surface area contributed by atoms with Gasteiger partial charge in [0.25, 0.3) is 0 Å². The molecule has 2 atom stereocenters. The second-order valence-corrected chi connectivity index (χ2v) is 5.00. The largest absolute Gasteiger partial charge is 0.394 e. The topological polar surface area (TPSA) is 96.5 Å². The molecule has 2 rings (SSSR count). The minimum absolute atomic E-state index is 0.00603. The highest BCUT2D eigenvalue weighted by atomic mass is 79.9. The molecule has 8 heteroatoms. The van der Waals surface area contributed by atoms with Gasteiger partial charge >= 0.3 is 0 Å². The molecule has 1 aliphatic heterocycles. The number of rotatable bonds is 3. The molecular formula is C10H16BrN5O2. The number of nitrogen functional groups attached to an aromatic ring is 1. The number of hydrogen-bond donors (Lipinski definition) is 3. The minimum Gasteiger partial charge on any atom is -0.394 e. The van der Waals surface area contributed by atoms with Gasteiger partial charge in [-0.15, -0.1) is 0 Å². The molecule has 0 radical (unpaired) electrons. The van der Waals surface area contributed by atoms with E-state index in [4.69, 9.17) is 10.6 Å². The summed E-state index contributed by atoms with van der Waals surface area (Å²) in [7, 11) is 0. The Labute approximate surface area is 113 Å². The average molecular weight is 318 g/mol. The molecular weight excluding hydrogens is 302 g/mol. The summed E-state index contributed by atoms with van der Waals surface area (Å²) in [5.74, 6) is 6.41. The van der Waals surface area contributed by atoms with Crippen molar-refractivity contribution in [2.75, 3.05) is 30.1 Å². The zero-order chi connectivity index (χ0) is 13.1. The van der Waals surface area contributed by atoms with Crippen molar-refractivity contribution >= 4 is 27.7 Å². The maximum atomic E-state index is 9.18. The fourth-order valence-electron chi connectivity index (χ4n) is 1.85. The van der Waals surface area contributed by atoms with Gasteiger partial charge in [0.05, 0.1) is 29.8 Å². The third kappa shape index (κ3) is 2.72. The van der Waals surface area contributed by atoms with Gasteiger partial charge in [0.15, 0.2) is 0 Å². The van der Waals surface area contributed by atoms with Gasteiger partial charge in [-0.1, -0.05) is 0 Å². The number of nitrogens with zero attached hydrogens (tertiary/aromatic N) is 3. The molecule has 4 N–H and O–H groups in total. The average Bonchev–Trinajstić information content (AvgIpc) is 2.40. The van der Waals surface area contributed by atoms with Crippen LogP contribution < -0.4 is 16.2 Å². The van der Waals surface area contributed by atoms with Crippen LogP contribution in [0.3, 0.4) is 0 Å². The van der Waals surface area contributed by atoms with Crippen LogP contribution in [0, 0.1) is 0 Å². The molecule has 0 aliphatic carbocycles. The number of aliphatic hydroxyl groups excluding tert-OH is 1. The number of morpholine rings is 1. The lowest BCUT2D eigenvalue weighted by molar-refractivity contribution is -0.0106. The summed E-state index contributed by atoms with van der Waals surface area (Å²) in [6.45, 7) is 3.16. The summed E-state index contributed by atoms with van der Waals surface area (Å²) in [5.41, 5.74) is 2.42. The van der Waals surface area contributed by atoms with Crippen molar-refractivity contribution in [1.82, 2.24) is 9.97 Å². The van der Waals surface area contributed by atoms with Crippen LogP contribution in [0.15, 0.2) is 10.7 Å². The molecule has 1 fully saturated rings. The van der Waals surface area contributed by atoms with Crippen LogP contribution in [0.4, 0.5) is 11.8 Å². The second-order valence-electron chi connectivity index (χ2n) is 4.15. The normalized spacial score (nSPS) is 24.1. The van der Waals surface area contributed by atoms with E-state index in [2.05, 4.69) is 36.2 Å². The number of aliphatic hydroxyl groups is 1. The number of hydrazine groups is 1. The summed E-state index contributed by atoms with van der Waals surface area (Å²) in [6.07, 6.45) is 1.45. The Morgan fingerprint density at radius 3 is 3.17 bits per heavy atom. The predicted octanol–water partition coefficient (Wildman–Crippen LogP) is 0.111. The fraction of sp³-hybridized carbons (Fsp3) is 0.600. The first kappa shape index (κ1) is 13.5. The lowest BCUT2D eigenvalue weighted by Crippen LogP contribution is -2.50. The molecule has 0 spiro atoms. The molecule has 1 aromatic rings. The van der Waals surface area contributed by atoms with Gasteiger partial charge in [0.1, 0.15) is 5.82 Å². The number of hydrogen-bond acceptors (Lipinski definition) is 7. The SMILES string of the molecule is CC1COC(CO)CN1c1nc(NN)ncc1Br. The molecule has 0 bridgehead atoms. The summed E-state index contributed by atoms with van der Waals surface area (Å²) < 4.78 is 6.28. The van der Waals surface area contributed by atoms with Crippen molar-refractivity contribution in [2.24, 2.45) is 5.84 Å². The highest BCUT2D eigenvalue weighted by Crippen LogP contribution is 2.28. The lowest BCUT2D eigenvalue weighted by Gasteiger charge is -2.38. The van der Waals surface area contributed by atoms with Crippen molar-refractivity contribution in [3.8, 4) is 0 Å². The first-order chi connectivity index (χ1) is 8.65. The fourth-order valence-corrected chi connectivity index (χ4v) is 2.27. The third-order valence-corrected chi connectivity index (χ3v) is 3.40. The zero-order valence-corrected chi connectivity index (χ0v) is 11.6. The van der Waals surface area contributed by atoms with E-state index in [9.17, 15) is 5.11 Å². The van der Waals surface area contributed by atoms with Gasteiger partial charge in [0, 0.05) is 12.7 Å². The Morgan fingerprint density at radius 1 is 1.72 bits per heavy atom. The van der Waals surface area contributed by atoms with Crippen LogP contribution in [0.1, 0.15) is 6.92 Å². The molecule has 2 unspecified atom stereocenters. The Morgan fingerprint density at radius 2 is 2.50 bits per heavy atom. The van der Waals surface area contributed by atoms with E-state index in [0.29, 0.717) is 19.1 Å². The Balaban J connectivity index is 2.27. The van der Waals surface area contributed by atoms with Crippen molar-refractivity contribution in [1.29, 1.82) is 0 Å². The van der Waals surface area contributed by atoms with E-state index < -0.39 is 0 Å². The summed E-state index contributed by atoms with van der Waals surface area (Å²) >= 11 is 3.43. The lowest BCUT2D eigenvalue weighted by atomic mass is 10.2. The quantitative estimate of drug-likeness (QED) is 0.538. The first-order valence-corrected chi connectivity index (χ1v) is 6.43. The van der Waals surface area contributed by atoms with E-state index in [1.54, 1.807) is 6.20 Å². The van der Waals surface area contributed by atoms with Crippen molar-refractivity contribution in [2.45, 2.75) is 19.1 Å². The molecule has 100 valence electrons. The molecule has 1 aromatic heterocycles. The molecule has 0 aromatic carbocycles. The van der Waals surface area contributed by atoms with E-state index in [1.807, 2.05) is 6.92 Å². The van der Waals surface area contributed by atoms with Gasteiger partial charge in [-0.05, 0) is 22.9 Å². The Bertz CT molecular complexity index is 419. The van der Waals surface area contributed by atoms with Crippen LogP contribution in [0.2, 0.25) is 0 Å². The van der Waals surface area contributed by atoms with Crippen LogP contribution in [-0.4, -0.2) is 47.0 Å². The van der Waals surface area contributed by atoms with Crippen molar-refractivity contribution in [3.63, 3.8) is 0 Å². The van der Waals surface area contributed by atoms with E-state index in [1.165, 1.54) is 0 Å². The Hall–Kier alpha value is -0.960. The van der Waals surface area contributed by atoms with E-state index in [-0.39, 0.29) is 18.8 Å². The number of aromatic nitrogens is 2. The summed E-state index contributed by atoms with van der Waals surface area (Å²) in [4.78, 5) is 10.4. The van der Waals surface area contributed by atoms with Gasteiger partial charge in [-0.3, -0.25) is 5.43 Å². The molecule has 2 heterocycles. The van der Waals surface area contributed by atoms with Crippen LogP contribution in [-0.2, 0) is 4.74 Å². The number of nitrogens with one attached hydrogen (secondary N) is 1. The summed E-state index contributed by atoms with van der Waals surface area (Å²) in [5, 5.41) is 9.18. The highest BCUT2D eigenvalue weighted by Gasteiger charge is 2.28. The molecule has 1 saturated heterocycles. The molecule has 1 aliphatic rings. The number of anilines is 2. The van der Waals surface area contributed by atoms with Crippen LogP contribution in [0.25, 0.3) is 0 Å².